The summed E-state index contributed by atoms with van der Waals surface area (Å²) in [6.07, 6.45) is -0.110. The Kier molecular flexibility index (Phi) is 7.96. The van der Waals surface area contributed by atoms with Gasteiger partial charge in [-0.3, -0.25) is 29.3 Å². The van der Waals surface area contributed by atoms with Gasteiger partial charge in [0.15, 0.2) is 0 Å². The zero-order valence-corrected chi connectivity index (χ0v) is 27.5. The van der Waals surface area contributed by atoms with Crippen LogP contribution in [0.1, 0.15) is 38.3 Å². The standard InChI is InChI=1S/C27H17Br4N3O7/c1-11-3-4-14(9-17(11)34(39)40)32-10-13(8-18(32)35)27(38)41-15-5-6-16(12(2)7-15)33-25(36)19-20(26(33)37)22(29)24(31)23(30)21(19)28/h3-7,9,13H,8,10H2,1-2H3/t13-/m0/s1. The molecule has 1 fully saturated rings. The van der Waals surface area contributed by atoms with E-state index in [1.54, 1.807) is 26.0 Å². The predicted molar refractivity (Wildman–Crippen MR) is 163 cm³/mol. The van der Waals surface area contributed by atoms with Crippen LogP contribution in [-0.2, 0) is 9.59 Å². The molecule has 0 aromatic heterocycles. The highest BCUT2D eigenvalue weighted by molar-refractivity contribution is 9.15. The van der Waals surface area contributed by atoms with Crippen LogP contribution in [0, 0.1) is 29.9 Å². The van der Waals surface area contributed by atoms with Crippen LogP contribution in [0.3, 0.4) is 0 Å². The quantitative estimate of drug-likeness (QED) is 0.0516. The molecule has 0 N–H and O–H groups in total. The first kappa shape index (κ1) is 29.5. The van der Waals surface area contributed by atoms with E-state index < -0.39 is 28.6 Å². The maximum absolute atomic E-state index is 13.3. The number of aryl methyl sites for hydroxylation is 2. The van der Waals surface area contributed by atoms with Crippen LogP contribution < -0.4 is 14.5 Å². The topological polar surface area (TPSA) is 127 Å². The molecule has 3 aromatic rings. The minimum absolute atomic E-state index is 0.0128. The summed E-state index contributed by atoms with van der Waals surface area (Å²) in [7, 11) is 0. The van der Waals surface area contributed by atoms with Gasteiger partial charge >= 0.3 is 5.97 Å². The highest BCUT2D eigenvalue weighted by atomic mass is 79.9. The van der Waals surface area contributed by atoms with E-state index in [9.17, 15) is 29.3 Å². The second-order valence-corrected chi connectivity index (χ2v) is 12.6. The molecule has 2 aliphatic heterocycles. The first-order chi connectivity index (χ1) is 19.3. The van der Waals surface area contributed by atoms with Crippen LogP contribution >= 0.6 is 63.7 Å². The van der Waals surface area contributed by atoms with Crippen molar-refractivity contribution in [3.05, 3.63) is 86.7 Å². The number of nitrogens with zero attached hydrogens (tertiary/aromatic N) is 3. The number of nitro groups is 1. The number of carbonyl (C=O) groups is 4. The number of hydrogen-bond acceptors (Lipinski definition) is 7. The molecule has 0 bridgehead atoms. The lowest BCUT2D eigenvalue weighted by Gasteiger charge is -2.18. The number of halogens is 4. The van der Waals surface area contributed by atoms with Crippen LogP contribution in [0.25, 0.3) is 0 Å². The summed E-state index contributed by atoms with van der Waals surface area (Å²) in [6.45, 7) is 3.29. The van der Waals surface area contributed by atoms with Gasteiger partial charge in [0, 0.05) is 42.5 Å². The van der Waals surface area contributed by atoms with E-state index in [4.69, 9.17) is 4.74 Å². The SMILES string of the molecule is Cc1cc(OC(=O)[C@H]2CC(=O)N(c3ccc(C)c([N+](=O)[O-])c3)C2)ccc1N1C(=O)c2c(Br)c(Br)c(Br)c(Br)c2C1=O. The predicted octanol–water partition coefficient (Wildman–Crippen LogP) is 7.02. The third-order valence-electron chi connectivity index (χ3n) is 6.89. The van der Waals surface area contributed by atoms with Crippen LogP contribution in [0.15, 0.2) is 54.3 Å². The summed E-state index contributed by atoms with van der Waals surface area (Å²) in [5.74, 6) is -2.63. The van der Waals surface area contributed by atoms with Crippen LogP contribution in [-0.4, -0.2) is 35.2 Å². The lowest BCUT2D eigenvalue weighted by molar-refractivity contribution is -0.385. The van der Waals surface area contributed by atoms with Crippen molar-refractivity contribution in [2.75, 3.05) is 16.3 Å². The number of imide groups is 1. The molecule has 0 saturated carbocycles. The van der Waals surface area contributed by atoms with Crippen molar-refractivity contribution >= 4 is 104 Å². The van der Waals surface area contributed by atoms with Crippen molar-refractivity contribution in [3.8, 4) is 5.75 Å². The number of nitro benzene ring substituents is 1. The summed E-state index contributed by atoms with van der Waals surface area (Å²) in [4.78, 5) is 65.5. The molecule has 1 saturated heterocycles. The van der Waals surface area contributed by atoms with E-state index in [0.717, 1.165) is 4.90 Å². The Morgan fingerprint density at radius 3 is 2.07 bits per heavy atom. The Balaban J connectivity index is 1.34. The lowest BCUT2D eigenvalue weighted by atomic mass is 10.1. The second-order valence-electron chi connectivity index (χ2n) is 9.45. The molecule has 2 heterocycles. The van der Waals surface area contributed by atoms with Crippen LogP contribution in [0.2, 0.25) is 0 Å². The van der Waals surface area contributed by atoms with Gasteiger partial charge in [-0.1, -0.05) is 6.07 Å². The maximum Gasteiger partial charge on any atom is 0.316 e. The largest absolute Gasteiger partial charge is 0.426 e. The monoisotopic (exact) mass is 811 g/mol. The minimum atomic E-state index is -0.786. The van der Waals surface area contributed by atoms with E-state index in [-0.39, 0.29) is 41.4 Å². The fourth-order valence-electron chi connectivity index (χ4n) is 4.79. The highest BCUT2D eigenvalue weighted by Crippen LogP contribution is 2.46. The van der Waals surface area contributed by atoms with E-state index >= 15 is 0 Å². The molecular formula is C27H17Br4N3O7. The van der Waals surface area contributed by atoms with E-state index in [1.807, 2.05) is 0 Å². The van der Waals surface area contributed by atoms with Gasteiger partial charge in [-0.25, -0.2) is 4.90 Å². The van der Waals surface area contributed by atoms with Gasteiger partial charge in [-0.2, -0.15) is 0 Å². The summed E-state index contributed by atoms with van der Waals surface area (Å²) >= 11 is 13.6. The van der Waals surface area contributed by atoms with E-state index in [2.05, 4.69) is 63.7 Å². The summed E-state index contributed by atoms with van der Waals surface area (Å²) in [5.41, 5.74) is 1.93. The van der Waals surface area contributed by atoms with E-state index in [0.29, 0.717) is 40.4 Å². The maximum atomic E-state index is 13.3. The molecule has 0 spiro atoms. The van der Waals surface area contributed by atoms with Crippen LogP contribution in [0.4, 0.5) is 17.1 Å². The summed E-state index contributed by atoms with van der Waals surface area (Å²) < 4.78 is 7.58. The molecular weight excluding hydrogens is 798 g/mol. The number of ether oxygens (including phenoxy) is 1. The van der Waals surface area contributed by atoms with E-state index in [1.165, 1.54) is 29.2 Å². The van der Waals surface area contributed by atoms with Gasteiger partial charge in [-0.15, -0.1) is 0 Å². The molecule has 0 radical (unpaired) electrons. The number of esters is 1. The van der Waals surface area contributed by atoms with Gasteiger partial charge in [0.1, 0.15) is 5.75 Å². The van der Waals surface area contributed by atoms with Gasteiger partial charge in [-0.05, 0) is 107 Å². The van der Waals surface area contributed by atoms with Crippen molar-refractivity contribution in [2.45, 2.75) is 20.3 Å². The molecule has 3 amide bonds. The third-order valence-corrected chi connectivity index (χ3v) is 11.7. The smallest absolute Gasteiger partial charge is 0.316 e. The summed E-state index contributed by atoms with van der Waals surface area (Å²) in [5, 5.41) is 11.3. The molecule has 5 rings (SSSR count). The molecule has 2 aliphatic rings. The molecule has 210 valence electrons. The van der Waals surface area contributed by atoms with Crippen molar-refractivity contribution in [1.29, 1.82) is 0 Å². The number of amides is 3. The Morgan fingerprint density at radius 1 is 0.902 bits per heavy atom. The van der Waals surface area contributed by atoms with Gasteiger partial charge in [0.05, 0.1) is 33.3 Å². The molecule has 41 heavy (non-hydrogen) atoms. The fourth-order valence-corrected chi connectivity index (χ4v) is 7.24. The zero-order valence-electron chi connectivity index (χ0n) is 21.2. The Hall–Kier alpha value is -2.94. The third kappa shape index (κ3) is 5.04. The van der Waals surface area contributed by atoms with Crippen molar-refractivity contribution in [2.24, 2.45) is 5.92 Å². The molecule has 14 heteroatoms. The van der Waals surface area contributed by atoms with Crippen molar-refractivity contribution < 1.29 is 28.8 Å². The Bertz CT molecular complexity index is 1680. The first-order valence-corrected chi connectivity index (χ1v) is 15.1. The molecule has 3 aromatic carbocycles. The Morgan fingerprint density at radius 2 is 1.51 bits per heavy atom. The van der Waals surface area contributed by atoms with Crippen molar-refractivity contribution in [3.63, 3.8) is 0 Å². The first-order valence-electron chi connectivity index (χ1n) is 11.9. The minimum Gasteiger partial charge on any atom is -0.426 e. The fraction of sp³-hybridized carbons (Fsp3) is 0.185. The number of benzene rings is 3. The number of carbonyl (C=O) groups excluding carboxylic acids is 4. The number of rotatable bonds is 5. The molecule has 0 unspecified atom stereocenters. The summed E-state index contributed by atoms with van der Waals surface area (Å²) in [6, 6.07) is 8.99. The van der Waals surface area contributed by atoms with Crippen LogP contribution in [0.5, 0.6) is 5.75 Å². The average Bonchev–Trinajstić information content (AvgIpc) is 3.43. The van der Waals surface area contributed by atoms with Gasteiger partial charge < -0.3 is 9.64 Å². The van der Waals surface area contributed by atoms with Gasteiger partial charge in [0.25, 0.3) is 17.5 Å². The second kappa shape index (κ2) is 11.0. The van der Waals surface area contributed by atoms with Crippen molar-refractivity contribution in [1.82, 2.24) is 0 Å². The lowest BCUT2D eigenvalue weighted by Crippen LogP contribution is -2.30. The number of fused-ring (bicyclic) bond motifs is 1. The molecule has 10 nitrogen and oxygen atoms in total. The number of anilines is 2. The number of hydrogen-bond donors (Lipinski definition) is 0. The average molecular weight is 815 g/mol. The zero-order chi connectivity index (χ0) is 29.9. The Labute approximate surface area is 266 Å². The molecule has 1 atom stereocenters. The van der Waals surface area contributed by atoms with Gasteiger partial charge in [0.2, 0.25) is 5.91 Å². The molecule has 0 aliphatic carbocycles. The normalized spacial score (nSPS) is 16.4. The highest BCUT2D eigenvalue weighted by Gasteiger charge is 2.42.